The van der Waals surface area contributed by atoms with Crippen molar-refractivity contribution in [2.24, 2.45) is 5.92 Å². The topological polar surface area (TPSA) is 6.48 Å². The zero-order chi connectivity index (χ0) is 9.84. The summed E-state index contributed by atoms with van der Waals surface area (Å²) >= 11 is 0. The molecule has 0 aliphatic carbocycles. The van der Waals surface area contributed by atoms with Crippen LogP contribution in [0, 0.1) is 5.92 Å². The Morgan fingerprint density at radius 2 is 2.00 bits per heavy atom. The van der Waals surface area contributed by atoms with Crippen LogP contribution in [0.4, 0.5) is 0 Å². The van der Waals surface area contributed by atoms with E-state index in [1.54, 1.807) is 0 Å². The number of hydrogen-bond acceptors (Lipinski definition) is 2. The van der Waals surface area contributed by atoms with Crippen molar-refractivity contribution < 1.29 is 0 Å². The molecule has 2 heteroatoms. The molecule has 78 valence electrons. The first kappa shape index (κ1) is 11.0. The summed E-state index contributed by atoms with van der Waals surface area (Å²) in [4.78, 5) is 5.02. The van der Waals surface area contributed by atoms with Crippen molar-refractivity contribution >= 4 is 0 Å². The Bertz CT molecular complexity index is 139. The predicted octanol–water partition coefficient (Wildman–Crippen LogP) is 1.67. The zero-order valence-electron chi connectivity index (χ0n) is 9.58. The molecule has 0 bridgehead atoms. The SMILES string of the molecule is CCN(C)C1CN(CCC(C)C)C1. The van der Waals surface area contributed by atoms with Gasteiger partial charge in [0.1, 0.15) is 0 Å². The van der Waals surface area contributed by atoms with Crippen LogP contribution in [-0.4, -0.2) is 49.1 Å². The van der Waals surface area contributed by atoms with Crippen LogP contribution in [0.5, 0.6) is 0 Å². The van der Waals surface area contributed by atoms with Gasteiger partial charge in [0.15, 0.2) is 0 Å². The molecule has 0 aromatic rings. The predicted molar refractivity (Wildman–Crippen MR) is 58.0 cm³/mol. The summed E-state index contributed by atoms with van der Waals surface area (Å²) in [5.74, 6) is 0.850. The van der Waals surface area contributed by atoms with Gasteiger partial charge in [0.25, 0.3) is 0 Å². The molecule has 1 rings (SSSR count). The molecule has 1 aliphatic rings. The van der Waals surface area contributed by atoms with E-state index in [2.05, 4.69) is 37.6 Å². The van der Waals surface area contributed by atoms with Gasteiger partial charge in [-0.3, -0.25) is 0 Å². The first-order valence-electron chi connectivity index (χ1n) is 5.56. The van der Waals surface area contributed by atoms with Gasteiger partial charge < -0.3 is 9.80 Å². The minimum atomic E-state index is 0.831. The second-order valence-corrected chi connectivity index (χ2v) is 4.67. The Balaban J connectivity index is 2.05. The van der Waals surface area contributed by atoms with Crippen LogP contribution < -0.4 is 0 Å². The first-order valence-corrected chi connectivity index (χ1v) is 5.56. The molecule has 1 fully saturated rings. The quantitative estimate of drug-likeness (QED) is 0.641. The monoisotopic (exact) mass is 184 g/mol. The van der Waals surface area contributed by atoms with Crippen molar-refractivity contribution in [3.63, 3.8) is 0 Å². The third-order valence-electron chi connectivity index (χ3n) is 3.08. The fourth-order valence-corrected chi connectivity index (χ4v) is 1.70. The highest BCUT2D eigenvalue weighted by Gasteiger charge is 2.28. The summed E-state index contributed by atoms with van der Waals surface area (Å²) in [5.41, 5.74) is 0. The van der Waals surface area contributed by atoms with Crippen LogP contribution >= 0.6 is 0 Å². The third kappa shape index (κ3) is 3.28. The van der Waals surface area contributed by atoms with Gasteiger partial charge in [-0.15, -0.1) is 0 Å². The van der Waals surface area contributed by atoms with E-state index in [0.717, 1.165) is 12.0 Å². The van der Waals surface area contributed by atoms with Crippen LogP contribution in [0.2, 0.25) is 0 Å². The van der Waals surface area contributed by atoms with E-state index < -0.39 is 0 Å². The molecule has 2 nitrogen and oxygen atoms in total. The minimum Gasteiger partial charge on any atom is -0.301 e. The maximum atomic E-state index is 2.57. The molecule has 0 N–H and O–H groups in total. The maximum Gasteiger partial charge on any atom is 0.0347 e. The lowest BCUT2D eigenvalue weighted by Gasteiger charge is -2.44. The average molecular weight is 184 g/mol. The van der Waals surface area contributed by atoms with Crippen molar-refractivity contribution in [3.8, 4) is 0 Å². The van der Waals surface area contributed by atoms with Crippen molar-refractivity contribution in [1.29, 1.82) is 0 Å². The summed E-state index contributed by atoms with van der Waals surface area (Å²) in [5, 5.41) is 0. The van der Waals surface area contributed by atoms with E-state index in [1.165, 1.54) is 32.6 Å². The molecule has 0 unspecified atom stereocenters. The minimum absolute atomic E-state index is 0.831. The highest BCUT2D eigenvalue weighted by atomic mass is 15.3. The van der Waals surface area contributed by atoms with Crippen LogP contribution in [-0.2, 0) is 0 Å². The molecule has 0 saturated carbocycles. The normalized spacial score (nSPS) is 19.8. The number of likely N-dealkylation sites (tertiary alicyclic amines) is 1. The molecular formula is C11H24N2. The molecule has 13 heavy (non-hydrogen) atoms. The number of likely N-dealkylation sites (N-methyl/N-ethyl adjacent to an activating group) is 1. The fourth-order valence-electron chi connectivity index (χ4n) is 1.70. The van der Waals surface area contributed by atoms with Crippen LogP contribution in [0.15, 0.2) is 0 Å². The Morgan fingerprint density at radius 3 is 2.46 bits per heavy atom. The van der Waals surface area contributed by atoms with E-state index >= 15 is 0 Å². The lowest BCUT2D eigenvalue weighted by atomic mass is 10.0. The van der Waals surface area contributed by atoms with E-state index in [1.807, 2.05) is 0 Å². The highest BCUT2D eigenvalue weighted by molar-refractivity contribution is 4.86. The number of rotatable bonds is 5. The Morgan fingerprint density at radius 1 is 1.38 bits per heavy atom. The molecule has 0 aromatic carbocycles. The average Bonchev–Trinajstić information content (AvgIpc) is 2.00. The van der Waals surface area contributed by atoms with Crippen molar-refractivity contribution in [2.75, 3.05) is 33.2 Å². The van der Waals surface area contributed by atoms with Crippen molar-refractivity contribution in [2.45, 2.75) is 33.2 Å². The summed E-state index contributed by atoms with van der Waals surface area (Å²) in [7, 11) is 2.23. The Labute approximate surface area is 82.9 Å². The molecule has 0 amide bonds. The van der Waals surface area contributed by atoms with Crippen LogP contribution in [0.25, 0.3) is 0 Å². The van der Waals surface area contributed by atoms with Gasteiger partial charge in [-0.1, -0.05) is 20.8 Å². The van der Waals surface area contributed by atoms with E-state index in [9.17, 15) is 0 Å². The molecule has 0 atom stereocenters. The van der Waals surface area contributed by atoms with Gasteiger partial charge in [-0.25, -0.2) is 0 Å². The third-order valence-corrected chi connectivity index (χ3v) is 3.08. The zero-order valence-corrected chi connectivity index (χ0v) is 9.58. The first-order chi connectivity index (χ1) is 6.13. The summed E-state index contributed by atoms with van der Waals surface area (Å²) in [6.07, 6.45) is 1.35. The lowest BCUT2D eigenvalue weighted by Crippen LogP contribution is -2.58. The fraction of sp³-hybridized carbons (Fsp3) is 1.00. The Hall–Kier alpha value is -0.0800. The largest absolute Gasteiger partial charge is 0.301 e. The molecule has 1 saturated heterocycles. The second kappa shape index (κ2) is 4.97. The smallest absolute Gasteiger partial charge is 0.0347 e. The second-order valence-electron chi connectivity index (χ2n) is 4.67. The van der Waals surface area contributed by atoms with Gasteiger partial charge in [0.05, 0.1) is 0 Å². The number of hydrogen-bond donors (Lipinski definition) is 0. The Kier molecular flexibility index (Phi) is 4.20. The highest BCUT2D eigenvalue weighted by Crippen LogP contribution is 2.14. The van der Waals surface area contributed by atoms with Crippen molar-refractivity contribution in [1.82, 2.24) is 9.80 Å². The van der Waals surface area contributed by atoms with Gasteiger partial charge in [-0.2, -0.15) is 0 Å². The standard InChI is InChI=1S/C11H24N2/c1-5-12(4)11-8-13(9-11)7-6-10(2)3/h10-11H,5-9H2,1-4H3. The maximum absolute atomic E-state index is 2.57. The van der Waals surface area contributed by atoms with Gasteiger partial charge in [0.2, 0.25) is 0 Å². The van der Waals surface area contributed by atoms with E-state index in [4.69, 9.17) is 0 Å². The summed E-state index contributed by atoms with van der Waals surface area (Å²) in [6, 6.07) is 0.831. The molecule has 0 spiro atoms. The molecule has 1 aliphatic heterocycles. The van der Waals surface area contributed by atoms with Gasteiger partial charge in [-0.05, 0) is 32.5 Å². The molecule has 0 radical (unpaired) electrons. The summed E-state index contributed by atoms with van der Waals surface area (Å²) < 4.78 is 0. The number of nitrogens with zero attached hydrogens (tertiary/aromatic N) is 2. The van der Waals surface area contributed by atoms with Gasteiger partial charge >= 0.3 is 0 Å². The van der Waals surface area contributed by atoms with Gasteiger partial charge in [0, 0.05) is 19.1 Å². The summed E-state index contributed by atoms with van der Waals surface area (Å²) in [6.45, 7) is 11.9. The van der Waals surface area contributed by atoms with Crippen molar-refractivity contribution in [3.05, 3.63) is 0 Å². The molecule has 1 heterocycles. The van der Waals surface area contributed by atoms with E-state index in [0.29, 0.717) is 0 Å². The van der Waals surface area contributed by atoms with E-state index in [-0.39, 0.29) is 0 Å². The molecular weight excluding hydrogens is 160 g/mol. The molecule has 0 aromatic heterocycles. The van der Waals surface area contributed by atoms with Crippen LogP contribution in [0.1, 0.15) is 27.2 Å². The lowest BCUT2D eigenvalue weighted by molar-refractivity contribution is 0.0491. The van der Waals surface area contributed by atoms with Crippen LogP contribution in [0.3, 0.4) is 0 Å².